The molecule has 1 N–H and O–H groups in total. The van der Waals surface area contributed by atoms with Gasteiger partial charge in [-0.2, -0.15) is 9.40 Å². The van der Waals surface area contributed by atoms with Crippen LogP contribution in [0.25, 0.3) is 5.69 Å². The van der Waals surface area contributed by atoms with Gasteiger partial charge < -0.3 is 5.32 Å². The molecule has 1 fully saturated rings. The summed E-state index contributed by atoms with van der Waals surface area (Å²) in [6.07, 6.45) is 2.82. The number of amides is 1. The number of sulfonamides is 1. The first-order valence-electron chi connectivity index (χ1n) is 8.92. The van der Waals surface area contributed by atoms with Gasteiger partial charge in [-0.25, -0.2) is 13.1 Å². The van der Waals surface area contributed by atoms with Gasteiger partial charge in [-0.05, 0) is 19.1 Å². The monoisotopic (exact) mass is 391 g/mol. The number of hydrogen-bond donors (Lipinski definition) is 1. The van der Waals surface area contributed by atoms with Crippen molar-refractivity contribution in [3.05, 3.63) is 47.8 Å². The molecule has 0 spiro atoms. The number of nitrogens with one attached hydrogen (secondary N) is 1. The van der Waals surface area contributed by atoms with Crippen LogP contribution in [-0.4, -0.2) is 78.8 Å². The van der Waals surface area contributed by atoms with Crippen LogP contribution in [0.4, 0.5) is 0 Å². The molecule has 1 saturated heterocycles. The third kappa shape index (κ3) is 4.74. The van der Waals surface area contributed by atoms with Crippen LogP contribution in [0, 0.1) is 6.92 Å². The predicted molar refractivity (Wildman–Crippen MR) is 103 cm³/mol. The van der Waals surface area contributed by atoms with E-state index in [4.69, 9.17) is 0 Å². The van der Waals surface area contributed by atoms with E-state index in [1.807, 2.05) is 37.3 Å². The number of piperazine rings is 1. The number of carbonyl (C=O) groups excluding carboxylic acids is 1. The van der Waals surface area contributed by atoms with Gasteiger partial charge in [0.05, 0.1) is 29.4 Å². The highest BCUT2D eigenvalue weighted by atomic mass is 32.2. The zero-order valence-corrected chi connectivity index (χ0v) is 16.4. The van der Waals surface area contributed by atoms with Gasteiger partial charge in [0.1, 0.15) is 0 Å². The van der Waals surface area contributed by atoms with Crippen molar-refractivity contribution in [1.29, 1.82) is 0 Å². The van der Waals surface area contributed by atoms with Gasteiger partial charge >= 0.3 is 0 Å². The second-order valence-electron chi connectivity index (χ2n) is 6.65. The quantitative estimate of drug-likeness (QED) is 0.774. The van der Waals surface area contributed by atoms with Crippen molar-refractivity contribution in [2.75, 3.05) is 45.5 Å². The summed E-state index contributed by atoms with van der Waals surface area (Å²) >= 11 is 0. The standard InChI is InChI=1S/C18H25N5O3S/c1-15-17(14-20-23(15)16-6-4-3-5-7-16)18(24)19-8-9-21-10-12-22(13-11-21)27(2,25)26/h3-7,14H,8-13H2,1-2H3,(H,19,24). The Morgan fingerprint density at radius 1 is 1.15 bits per heavy atom. The highest BCUT2D eigenvalue weighted by Gasteiger charge is 2.23. The average molecular weight is 391 g/mol. The summed E-state index contributed by atoms with van der Waals surface area (Å²) in [4.78, 5) is 14.6. The zero-order valence-electron chi connectivity index (χ0n) is 15.6. The molecule has 2 aromatic rings. The highest BCUT2D eigenvalue weighted by Crippen LogP contribution is 2.13. The van der Waals surface area contributed by atoms with Gasteiger partial charge in [-0.1, -0.05) is 18.2 Å². The van der Waals surface area contributed by atoms with Crippen LogP contribution in [0.5, 0.6) is 0 Å². The van der Waals surface area contributed by atoms with E-state index < -0.39 is 10.0 Å². The molecule has 0 bridgehead atoms. The summed E-state index contributed by atoms with van der Waals surface area (Å²) in [5.41, 5.74) is 2.26. The maximum atomic E-state index is 12.5. The third-order valence-electron chi connectivity index (χ3n) is 4.77. The molecule has 1 amide bonds. The van der Waals surface area contributed by atoms with E-state index in [0.717, 1.165) is 11.4 Å². The van der Waals surface area contributed by atoms with E-state index in [-0.39, 0.29) is 5.91 Å². The largest absolute Gasteiger partial charge is 0.351 e. The Morgan fingerprint density at radius 3 is 2.44 bits per heavy atom. The molecule has 0 atom stereocenters. The molecular formula is C18H25N5O3S. The van der Waals surface area contributed by atoms with Gasteiger partial charge in [0.25, 0.3) is 5.91 Å². The molecule has 9 heteroatoms. The SMILES string of the molecule is Cc1c(C(=O)NCCN2CCN(S(C)(=O)=O)CC2)cnn1-c1ccccc1. The lowest BCUT2D eigenvalue weighted by atomic mass is 10.2. The lowest BCUT2D eigenvalue weighted by Crippen LogP contribution is -2.49. The maximum Gasteiger partial charge on any atom is 0.254 e. The van der Waals surface area contributed by atoms with E-state index >= 15 is 0 Å². The molecule has 1 aliphatic heterocycles. The molecule has 2 heterocycles. The summed E-state index contributed by atoms with van der Waals surface area (Å²) in [5.74, 6) is -0.149. The van der Waals surface area contributed by atoms with Crippen LogP contribution in [0.2, 0.25) is 0 Å². The van der Waals surface area contributed by atoms with Crippen LogP contribution in [0.3, 0.4) is 0 Å². The fraction of sp³-hybridized carbons (Fsp3) is 0.444. The van der Waals surface area contributed by atoms with E-state index in [2.05, 4.69) is 15.3 Å². The Morgan fingerprint density at radius 2 is 1.81 bits per heavy atom. The number of nitrogens with zero attached hydrogens (tertiary/aromatic N) is 4. The van der Waals surface area contributed by atoms with Crippen molar-refractivity contribution >= 4 is 15.9 Å². The van der Waals surface area contributed by atoms with Crippen molar-refractivity contribution in [1.82, 2.24) is 24.3 Å². The van der Waals surface area contributed by atoms with Gasteiger partial charge in [0.15, 0.2) is 0 Å². The first-order valence-corrected chi connectivity index (χ1v) is 10.8. The van der Waals surface area contributed by atoms with Crippen LogP contribution in [-0.2, 0) is 10.0 Å². The Bertz CT molecular complexity index is 887. The van der Waals surface area contributed by atoms with Crippen molar-refractivity contribution < 1.29 is 13.2 Å². The van der Waals surface area contributed by atoms with Crippen molar-refractivity contribution in [3.63, 3.8) is 0 Å². The minimum atomic E-state index is -3.12. The first-order chi connectivity index (χ1) is 12.9. The molecular weight excluding hydrogens is 366 g/mol. The highest BCUT2D eigenvalue weighted by molar-refractivity contribution is 7.88. The molecule has 1 aromatic heterocycles. The van der Waals surface area contributed by atoms with Crippen molar-refractivity contribution in [2.24, 2.45) is 0 Å². The predicted octanol–water partition coefficient (Wildman–Crippen LogP) is 0.488. The molecule has 27 heavy (non-hydrogen) atoms. The lowest BCUT2D eigenvalue weighted by Gasteiger charge is -2.33. The van der Waals surface area contributed by atoms with Gasteiger partial charge in [-0.15, -0.1) is 0 Å². The minimum absolute atomic E-state index is 0.149. The molecule has 0 radical (unpaired) electrons. The van der Waals surface area contributed by atoms with Crippen LogP contribution < -0.4 is 5.32 Å². The normalized spacial score (nSPS) is 16.4. The molecule has 1 aliphatic rings. The smallest absolute Gasteiger partial charge is 0.254 e. The van der Waals surface area contributed by atoms with E-state index in [0.29, 0.717) is 44.8 Å². The Balaban J connectivity index is 1.50. The molecule has 0 aliphatic carbocycles. The van der Waals surface area contributed by atoms with E-state index in [9.17, 15) is 13.2 Å². The minimum Gasteiger partial charge on any atom is -0.351 e. The first kappa shape index (κ1) is 19.5. The molecule has 3 rings (SSSR count). The van der Waals surface area contributed by atoms with E-state index in [1.165, 1.54) is 10.6 Å². The number of aromatic nitrogens is 2. The zero-order chi connectivity index (χ0) is 19.4. The summed E-state index contributed by atoms with van der Waals surface area (Å²) in [7, 11) is -3.12. The number of hydrogen-bond acceptors (Lipinski definition) is 5. The van der Waals surface area contributed by atoms with Gasteiger partial charge in [0.2, 0.25) is 10.0 Å². The molecule has 146 valence electrons. The topological polar surface area (TPSA) is 87.5 Å². The Labute approximate surface area is 159 Å². The molecule has 1 aromatic carbocycles. The summed E-state index contributed by atoms with van der Waals surface area (Å²) in [5, 5.41) is 7.25. The van der Waals surface area contributed by atoms with Crippen molar-refractivity contribution in [3.8, 4) is 5.69 Å². The van der Waals surface area contributed by atoms with E-state index in [1.54, 1.807) is 10.9 Å². The molecule has 0 saturated carbocycles. The van der Waals surface area contributed by atoms with Crippen LogP contribution in [0.1, 0.15) is 16.1 Å². The number of para-hydroxylation sites is 1. The second-order valence-corrected chi connectivity index (χ2v) is 8.63. The number of carbonyl (C=O) groups is 1. The third-order valence-corrected chi connectivity index (χ3v) is 6.07. The van der Waals surface area contributed by atoms with Gasteiger partial charge in [-0.3, -0.25) is 9.69 Å². The summed E-state index contributed by atoms with van der Waals surface area (Å²) < 4.78 is 26.3. The fourth-order valence-electron chi connectivity index (χ4n) is 3.17. The number of rotatable bonds is 6. The van der Waals surface area contributed by atoms with Crippen LogP contribution >= 0.6 is 0 Å². The van der Waals surface area contributed by atoms with Crippen LogP contribution in [0.15, 0.2) is 36.5 Å². The Kier molecular flexibility index (Phi) is 5.93. The average Bonchev–Trinajstić information content (AvgIpc) is 3.03. The lowest BCUT2D eigenvalue weighted by molar-refractivity contribution is 0.0944. The van der Waals surface area contributed by atoms with Crippen molar-refractivity contribution in [2.45, 2.75) is 6.92 Å². The Hall–Kier alpha value is -2.23. The summed E-state index contributed by atoms with van der Waals surface area (Å²) in [6, 6.07) is 9.68. The van der Waals surface area contributed by atoms with Gasteiger partial charge in [0, 0.05) is 39.3 Å². The summed E-state index contributed by atoms with van der Waals surface area (Å²) in [6.45, 7) is 5.41. The second kappa shape index (κ2) is 8.20. The molecule has 8 nitrogen and oxygen atoms in total. The maximum absolute atomic E-state index is 12.5. The molecule has 0 unspecified atom stereocenters. The fourth-order valence-corrected chi connectivity index (χ4v) is 4.00. The number of benzene rings is 1.